The van der Waals surface area contributed by atoms with Crippen LogP contribution in [0.4, 0.5) is 0 Å². The van der Waals surface area contributed by atoms with Crippen LogP contribution < -0.4 is 5.19 Å². The molecule has 0 aliphatic rings. The lowest BCUT2D eigenvalue weighted by molar-refractivity contribution is 0.676. The zero-order valence-electron chi connectivity index (χ0n) is 6.51. The van der Waals surface area contributed by atoms with Crippen molar-refractivity contribution in [1.29, 1.82) is 0 Å². The van der Waals surface area contributed by atoms with Crippen molar-refractivity contribution in [2.75, 3.05) is 0 Å². The molecule has 0 aromatic heterocycles. The highest BCUT2D eigenvalue weighted by molar-refractivity contribution is 6.51. The van der Waals surface area contributed by atoms with Gasteiger partial charge in [-0.05, 0) is 10.8 Å². The summed E-state index contributed by atoms with van der Waals surface area (Å²) in [6.07, 6.45) is 0. The molecule has 0 spiro atoms. The summed E-state index contributed by atoms with van der Waals surface area (Å²) < 4.78 is 5.29. The molecule has 1 aromatic carbocycles. The molecule has 1 aromatic rings. The Labute approximate surface area is 77.2 Å². The Morgan fingerprint density at radius 2 is 2.18 bits per heavy atom. The van der Waals surface area contributed by atoms with Crippen LogP contribution >= 0.6 is 11.6 Å². The van der Waals surface area contributed by atoms with Crippen LogP contribution in [0.1, 0.15) is 5.56 Å². The quantitative estimate of drug-likeness (QED) is 0.472. The summed E-state index contributed by atoms with van der Waals surface area (Å²) in [4.78, 5) is 0. The number of alkyl halides is 1. The van der Waals surface area contributed by atoms with Gasteiger partial charge in [0.1, 0.15) is 10.5 Å². The molecule has 0 saturated carbocycles. The van der Waals surface area contributed by atoms with E-state index in [4.69, 9.17) is 15.7 Å². The van der Waals surface area contributed by atoms with Gasteiger partial charge in [0.2, 0.25) is 0 Å². The van der Waals surface area contributed by atoms with Crippen molar-refractivity contribution >= 4 is 37.0 Å². The smallest absolute Gasteiger partial charge is 0.178 e. The molecular weight excluding hydrogens is 192 g/mol. The van der Waals surface area contributed by atoms with Gasteiger partial charge in [0.05, 0.1) is 0 Å². The molecule has 0 aliphatic heterocycles. The summed E-state index contributed by atoms with van der Waals surface area (Å²) >= 11 is 5.75. The second-order valence-corrected chi connectivity index (χ2v) is 5.96. The fourth-order valence-corrected chi connectivity index (χ4v) is 3.31. The minimum Gasteiger partial charge on any atom is -0.465 e. The van der Waals surface area contributed by atoms with E-state index < -0.39 is 9.76 Å². The van der Waals surface area contributed by atoms with Crippen molar-refractivity contribution in [2.24, 2.45) is 0 Å². The highest BCUT2D eigenvalue weighted by Gasteiger charge is 1.98. The zero-order valence-corrected chi connectivity index (χ0v) is 10.7. The van der Waals surface area contributed by atoms with Gasteiger partial charge in [-0.25, -0.2) is 0 Å². The Bertz CT molecular complexity index is 229. The molecule has 1 nitrogen and oxygen atoms in total. The van der Waals surface area contributed by atoms with Crippen LogP contribution in [-0.4, -0.2) is 20.2 Å². The maximum atomic E-state index is 5.75. The molecule has 1 rings (SSSR count). The van der Waals surface area contributed by atoms with E-state index in [-0.39, 0.29) is 0 Å². The molecule has 0 saturated heterocycles. The van der Waals surface area contributed by atoms with Gasteiger partial charge in [0.15, 0.2) is 9.76 Å². The molecular formula is C7H11ClOSi2. The molecule has 0 heterocycles. The van der Waals surface area contributed by atoms with E-state index in [0.29, 0.717) is 5.88 Å². The lowest BCUT2D eigenvalue weighted by atomic mass is 10.2. The van der Waals surface area contributed by atoms with E-state index >= 15 is 0 Å². The zero-order chi connectivity index (χ0) is 8.10. The molecule has 0 unspecified atom stereocenters. The van der Waals surface area contributed by atoms with Crippen molar-refractivity contribution in [1.82, 2.24) is 0 Å². The normalized spacial score (nSPS) is 11.4. The van der Waals surface area contributed by atoms with Gasteiger partial charge in [0.25, 0.3) is 0 Å². The molecule has 60 valence electrons. The fourth-order valence-electron chi connectivity index (χ4n) is 0.984. The monoisotopic (exact) mass is 202 g/mol. The van der Waals surface area contributed by atoms with Gasteiger partial charge < -0.3 is 4.12 Å². The lowest BCUT2D eigenvalue weighted by Gasteiger charge is -2.03. The molecule has 11 heavy (non-hydrogen) atoms. The van der Waals surface area contributed by atoms with Crippen LogP contribution in [0.2, 0.25) is 0 Å². The van der Waals surface area contributed by atoms with Gasteiger partial charge in [-0.3, -0.25) is 0 Å². The Morgan fingerprint density at radius 3 is 2.82 bits per heavy atom. The fraction of sp³-hybridized carbons (Fsp3) is 0.143. The highest BCUT2D eigenvalue weighted by atomic mass is 35.5. The van der Waals surface area contributed by atoms with Gasteiger partial charge in [-0.1, -0.05) is 24.3 Å². The minimum absolute atomic E-state index is 0.464. The van der Waals surface area contributed by atoms with Crippen molar-refractivity contribution < 1.29 is 4.12 Å². The first kappa shape index (κ1) is 9.00. The van der Waals surface area contributed by atoms with Crippen LogP contribution in [0.25, 0.3) is 0 Å². The Balaban J connectivity index is 2.83. The molecule has 0 radical (unpaired) electrons. The van der Waals surface area contributed by atoms with Crippen molar-refractivity contribution in [2.45, 2.75) is 5.88 Å². The second kappa shape index (κ2) is 4.72. The number of hydrogen-bond acceptors (Lipinski definition) is 1. The summed E-state index contributed by atoms with van der Waals surface area (Å²) in [6.45, 7) is 0. The number of halogens is 1. The minimum atomic E-state index is -0.464. The number of rotatable bonds is 3. The van der Waals surface area contributed by atoms with E-state index in [2.05, 4.69) is 12.1 Å². The maximum Gasteiger partial charge on any atom is 0.178 e. The molecule has 0 N–H and O–H groups in total. The largest absolute Gasteiger partial charge is 0.465 e. The standard InChI is InChI=1S/C7H11ClOSi2/c8-5-6-3-1-2-4-7(6)11-9-10/h1-4H,5,11H2,10H3. The van der Waals surface area contributed by atoms with Gasteiger partial charge >= 0.3 is 0 Å². The average molecular weight is 203 g/mol. The third-order valence-corrected chi connectivity index (χ3v) is 4.01. The summed E-state index contributed by atoms with van der Waals surface area (Å²) in [6, 6.07) is 8.24. The topological polar surface area (TPSA) is 9.23 Å². The third kappa shape index (κ3) is 2.45. The van der Waals surface area contributed by atoms with E-state index in [1.165, 1.54) is 10.8 Å². The van der Waals surface area contributed by atoms with Crippen LogP contribution in [0.15, 0.2) is 24.3 Å². The SMILES string of the molecule is [SiH3]O[SiH2]c1ccccc1CCl. The molecule has 0 fully saturated rings. The summed E-state index contributed by atoms with van der Waals surface area (Å²) in [7, 11) is 0.379. The number of hydrogen-bond donors (Lipinski definition) is 0. The maximum absolute atomic E-state index is 5.75. The average Bonchev–Trinajstić information content (AvgIpc) is 2.06. The Hall–Kier alpha value is -0.0962. The lowest BCUT2D eigenvalue weighted by Crippen LogP contribution is -2.20. The van der Waals surface area contributed by atoms with E-state index in [0.717, 1.165) is 10.5 Å². The van der Waals surface area contributed by atoms with Crippen LogP contribution in [-0.2, 0) is 10.00 Å². The van der Waals surface area contributed by atoms with Gasteiger partial charge in [0, 0.05) is 5.88 Å². The predicted molar refractivity (Wildman–Crippen MR) is 55.2 cm³/mol. The molecule has 0 amide bonds. The van der Waals surface area contributed by atoms with Crippen molar-refractivity contribution in [3.05, 3.63) is 29.8 Å². The van der Waals surface area contributed by atoms with E-state index in [9.17, 15) is 0 Å². The van der Waals surface area contributed by atoms with E-state index in [1.807, 2.05) is 12.1 Å². The Morgan fingerprint density at radius 1 is 1.45 bits per heavy atom. The molecule has 0 bridgehead atoms. The first-order chi connectivity index (χ1) is 5.38. The summed E-state index contributed by atoms with van der Waals surface area (Å²) in [5.74, 6) is 0.605. The van der Waals surface area contributed by atoms with Gasteiger partial charge in [-0.15, -0.1) is 11.6 Å². The van der Waals surface area contributed by atoms with Crippen LogP contribution in [0.3, 0.4) is 0 Å². The molecule has 4 heteroatoms. The van der Waals surface area contributed by atoms with Crippen LogP contribution in [0, 0.1) is 0 Å². The number of benzene rings is 1. The second-order valence-electron chi connectivity index (χ2n) is 2.34. The highest BCUT2D eigenvalue weighted by Crippen LogP contribution is 1.99. The van der Waals surface area contributed by atoms with Crippen molar-refractivity contribution in [3.63, 3.8) is 0 Å². The predicted octanol–water partition coefficient (Wildman–Crippen LogP) is -0.569. The summed E-state index contributed by atoms with van der Waals surface area (Å²) in [5.41, 5.74) is 1.23. The van der Waals surface area contributed by atoms with Gasteiger partial charge in [-0.2, -0.15) is 0 Å². The first-order valence-electron chi connectivity index (χ1n) is 3.50. The van der Waals surface area contributed by atoms with Crippen LogP contribution in [0.5, 0.6) is 0 Å². The van der Waals surface area contributed by atoms with E-state index in [1.54, 1.807) is 0 Å². The summed E-state index contributed by atoms with van der Waals surface area (Å²) in [5, 5.41) is 1.34. The third-order valence-electron chi connectivity index (χ3n) is 1.56. The molecule has 0 atom stereocenters. The first-order valence-corrected chi connectivity index (χ1v) is 6.13. The molecule has 0 aliphatic carbocycles. The Kier molecular flexibility index (Phi) is 3.86. The van der Waals surface area contributed by atoms with Crippen molar-refractivity contribution in [3.8, 4) is 0 Å².